The van der Waals surface area contributed by atoms with Crippen LogP contribution in [-0.2, 0) is 0 Å². The Morgan fingerprint density at radius 3 is 1.74 bits per heavy atom. The Labute approximate surface area is 334 Å². The molecule has 0 saturated carbocycles. The van der Waals surface area contributed by atoms with E-state index in [1.165, 1.54) is 59.6 Å². The van der Waals surface area contributed by atoms with E-state index in [4.69, 9.17) is 9.97 Å². The number of nitrogens with zero attached hydrogens (tertiary/aromatic N) is 4. The van der Waals surface area contributed by atoms with Gasteiger partial charge in [-0.1, -0.05) is 152 Å². The summed E-state index contributed by atoms with van der Waals surface area (Å²) in [5, 5.41) is 9.69. The standard InChI is InChI=1S/C54H34N4/c1-3-16-35(17-4-1)47-34-48(46-33-36-18-7-8-23-40(36)41-24-9-10-25-42(41)46)56-54(55-47)37-19-15-22-39(32-37)58-49-28-13-11-26-43(49)44-30-31-51-52(53(44)58)45-27-12-14-29-50(45)57(51)38-20-5-2-6-21-38/h1-34H. The third kappa shape index (κ3) is 4.95. The molecule has 4 nitrogen and oxygen atoms in total. The summed E-state index contributed by atoms with van der Waals surface area (Å²) < 4.78 is 4.83. The Morgan fingerprint density at radius 2 is 0.931 bits per heavy atom. The van der Waals surface area contributed by atoms with Crippen LogP contribution >= 0.6 is 0 Å². The Balaban J connectivity index is 1.12. The highest BCUT2D eigenvalue weighted by Gasteiger charge is 2.21. The van der Waals surface area contributed by atoms with E-state index in [-0.39, 0.29) is 0 Å². The third-order valence-corrected chi connectivity index (χ3v) is 11.7. The molecule has 0 unspecified atom stereocenters. The molecule has 0 N–H and O–H groups in total. The fourth-order valence-corrected chi connectivity index (χ4v) is 9.15. The van der Waals surface area contributed by atoms with Crippen LogP contribution in [0, 0.1) is 0 Å². The second kappa shape index (κ2) is 12.9. The zero-order valence-electron chi connectivity index (χ0n) is 31.4. The van der Waals surface area contributed by atoms with Crippen LogP contribution in [0.1, 0.15) is 0 Å². The molecule has 0 atom stereocenters. The van der Waals surface area contributed by atoms with Crippen LogP contribution in [0.5, 0.6) is 0 Å². The maximum Gasteiger partial charge on any atom is 0.160 e. The van der Waals surface area contributed by atoms with Crippen molar-refractivity contribution in [3.63, 3.8) is 0 Å². The zero-order valence-corrected chi connectivity index (χ0v) is 31.4. The Kier molecular flexibility index (Phi) is 7.20. The lowest BCUT2D eigenvalue weighted by Gasteiger charge is -2.14. The van der Waals surface area contributed by atoms with Crippen molar-refractivity contribution in [3.8, 4) is 45.3 Å². The van der Waals surface area contributed by atoms with Crippen LogP contribution in [0.25, 0.3) is 110 Å². The molecule has 0 fully saturated rings. The number of hydrogen-bond donors (Lipinski definition) is 0. The van der Waals surface area contributed by atoms with Crippen molar-refractivity contribution >= 4 is 65.2 Å². The minimum atomic E-state index is 0.682. The molecule has 3 aromatic heterocycles. The van der Waals surface area contributed by atoms with E-state index in [0.29, 0.717) is 5.82 Å². The van der Waals surface area contributed by atoms with Gasteiger partial charge in [-0.3, -0.25) is 0 Å². The molecule has 270 valence electrons. The van der Waals surface area contributed by atoms with Gasteiger partial charge < -0.3 is 9.13 Å². The van der Waals surface area contributed by atoms with E-state index in [1.807, 2.05) is 6.07 Å². The van der Waals surface area contributed by atoms with Crippen LogP contribution in [0.15, 0.2) is 206 Å². The summed E-state index contributed by atoms with van der Waals surface area (Å²) in [6, 6.07) is 73.7. The smallest absolute Gasteiger partial charge is 0.160 e. The van der Waals surface area contributed by atoms with E-state index in [9.17, 15) is 0 Å². The van der Waals surface area contributed by atoms with Crippen molar-refractivity contribution in [1.29, 1.82) is 0 Å². The second-order valence-electron chi connectivity index (χ2n) is 15.0. The number of fused-ring (bicyclic) bond motifs is 10. The minimum Gasteiger partial charge on any atom is -0.309 e. The largest absolute Gasteiger partial charge is 0.309 e. The molecule has 0 amide bonds. The number of rotatable bonds is 5. The highest BCUT2D eigenvalue weighted by molar-refractivity contribution is 6.26. The molecule has 0 bridgehead atoms. The first-order chi connectivity index (χ1) is 28.8. The monoisotopic (exact) mass is 738 g/mol. The summed E-state index contributed by atoms with van der Waals surface area (Å²) in [5.74, 6) is 0.682. The SMILES string of the molecule is c1ccc(-c2cc(-c3cc4ccccc4c4ccccc34)nc(-c3cccc(-n4c5ccccc5c5ccc6c(c7ccccc7n6-c6ccccc6)c54)c3)n2)cc1. The molecule has 0 spiro atoms. The number of hydrogen-bond acceptors (Lipinski definition) is 2. The van der Waals surface area contributed by atoms with Gasteiger partial charge in [-0.05, 0) is 76.1 Å². The first kappa shape index (κ1) is 32.4. The quantitative estimate of drug-likeness (QED) is 0.165. The Bertz CT molecular complexity index is 3560. The zero-order chi connectivity index (χ0) is 38.2. The van der Waals surface area contributed by atoms with Gasteiger partial charge in [0.25, 0.3) is 0 Å². The van der Waals surface area contributed by atoms with E-state index >= 15 is 0 Å². The summed E-state index contributed by atoms with van der Waals surface area (Å²) in [7, 11) is 0. The lowest BCUT2D eigenvalue weighted by atomic mass is 9.95. The van der Waals surface area contributed by atoms with Crippen molar-refractivity contribution in [1.82, 2.24) is 19.1 Å². The number of benzene rings is 9. The van der Waals surface area contributed by atoms with E-state index in [1.54, 1.807) is 0 Å². The van der Waals surface area contributed by atoms with Gasteiger partial charge in [-0.25, -0.2) is 9.97 Å². The van der Waals surface area contributed by atoms with E-state index in [2.05, 4.69) is 209 Å². The molecule has 3 heterocycles. The summed E-state index contributed by atoms with van der Waals surface area (Å²) >= 11 is 0. The van der Waals surface area contributed by atoms with Crippen LogP contribution in [0.2, 0.25) is 0 Å². The van der Waals surface area contributed by atoms with Crippen LogP contribution in [-0.4, -0.2) is 19.1 Å². The highest BCUT2D eigenvalue weighted by atomic mass is 15.0. The van der Waals surface area contributed by atoms with Gasteiger partial charge >= 0.3 is 0 Å². The molecule has 0 saturated heterocycles. The average molecular weight is 739 g/mol. The lowest BCUT2D eigenvalue weighted by Crippen LogP contribution is -1.99. The normalized spacial score (nSPS) is 11.8. The van der Waals surface area contributed by atoms with Crippen LogP contribution in [0.4, 0.5) is 0 Å². The first-order valence-corrected chi connectivity index (χ1v) is 19.8. The van der Waals surface area contributed by atoms with Gasteiger partial charge in [-0.15, -0.1) is 0 Å². The van der Waals surface area contributed by atoms with E-state index in [0.717, 1.165) is 45.0 Å². The van der Waals surface area contributed by atoms with Gasteiger partial charge in [0.05, 0.1) is 33.5 Å². The third-order valence-electron chi connectivity index (χ3n) is 11.7. The molecular weight excluding hydrogens is 705 g/mol. The topological polar surface area (TPSA) is 35.6 Å². The van der Waals surface area contributed by atoms with Crippen molar-refractivity contribution in [2.75, 3.05) is 0 Å². The highest BCUT2D eigenvalue weighted by Crippen LogP contribution is 2.43. The van der Waals surface area contributed by atoms with Gasteiger partial charge in [0.1, 0.15) is 0 Å². The van der Waals surface area contributed by atoms with Crippen LogP contribution < -0.4 is 0 Å². The summed E-state index contributed by atoms with van der Waals surface area (Å²) in [6.45, 7) is 0. The van der Waals surface area contributed by atoms with Gasteiger partial charge in [0.2, 0.25) is 0 Å². The first-order valence-electron chi connectivity index (χ1n) is 19.8. The summed E-state index contributed by atoms with van der Waals surface area (Å²) in [5.41, 5.74) is 11.8. The number of aromatic nitrogens is 4. The summed E-state index contributed by atoms with van der Waals surface area (Å²) in [4.78, 5) is 10.7. The second-order valence-corrected chi connectivity index (χ2v) is 15.0. The maximum absolute atomic E-state index is 5.41. The molecule has 58 heavy (non-hydrogen) atoms. The molecule has 0 aliphatic heterocycles. The molecule has 0 aliphatic rings. The van der Waals surface area contributed by atoms with Crippen molar-refractivity contribution in [2.24, 2.45) is 0 Å². The predicted molar refractivity (Wildman–Crippen MR) is 242 cm³/mol. The predicted octanol–water partition coefficient (Wildman–Crippen LogP) is 14.0. The van der Waals surface area contributed by atoms with Crippen LogP contribution in [0.3, 0.4) is 0 Å². The Hall–Kier alpha value is -7.82. The Morgan fingerprint density at radius 1 is 0.328 bits per heavy atom. The lowest BCUT2D eigenvalue weighted by molar-refractivity contribution is 1.16. The molecule has 0 aliphatic carbocycles. The molecule has 12 rings (SSSR count). The fourth-order valence-electron chi connectivity index (χ4n) is 9.15. The molecular formula is C54H34N4. The van der Waals surface area contributed by atoms with Gasteiger partial charge in [0, 0.05) is 49.6 Å². The van der Waals surface area contributed by atoms with E-state index < -0.39 is 0 Å². The molecule has 4 heteroatoms. The molecule has 9 aromatic carbocycles. The van der Waals surface area contributed by atoms with Gasteiger partial charge in [-0.2, -0.15) is 0 Å². The fraction of sp³-hybridized carbons (Fsp3) is 0. The van der Waals surface area contributed by atoms with Crippen molar-refractivity contribution < 1.29 is 0 Å². The van der Waals surface area contributed by atoms with Crippen molar-refractivity contribution in [2.45, 2.75) is 0 Å². The van der Waals surface area contributed by atoms with Gasteiger partial charge in [0.15, 0.2) is 5.82 Å². The molecule has 0 radical (unpaired) electrons. The maximum atomic E-state index is 5.41. The molecule has 12 aromatic rings. The van der Waals surface area contributed by atoms with Crippen molar-refractivity contribution in [3.05, 3.63) is 206 Å². The minimum absolute atomic E-state index is 0.682. The average Bonchev–Trinajstić information content (AvgIpc) is 3.82. The summed E-state index contributed by atoms with van der Waals surface area (Å²) in [6.07, 6.45) is 0. The number of para-hydroxylation sites is 3.